The highest BCUT2D eigenvalue weighted by Crippen LogP contribution is 2.38. The number of para-hydroxylation sites is 1. The smallest absolute Gasteiger partial charge is 0.339 e. The molecule has 0 atom stereocenters. The van der Waals surface area contributed by atoms with Crippen LogP contribution in [0.3, 0.4) is 0 Å². The van der Waals surface area contributed by atoms with Crippen molar-refractivity contribution in [3.05, 3.63) is 76.4 Å². The van der Waals surface area contributed by atoms with Gasteiger partial charge in [-0.3, -0.25) is 4.79 Å². The topological polar surface area (TPSA) is 79.5 Å². The number of carbonyl (C=O) groups is 2. The zero-order valence-corrected chi connectivity index (χ0v) is 16.2. The van der Waals surface area contributed by atoms with Crippen LogP contribution in [0.5, 0.6) is 0 Å². The second kappa shape index (κ2) is 6.90. The van der Waals surface area contributed by atoms with Crippen LogP contribution in [-0.4, -0.2) is 17.0 Å². The van der Waals surface area contributed by atoms with Crippen molar-refractivity contribution < 1.29 is 19.1 Å². The molecule has 0 fully saturated rings. The predicted molar refractivity (Wildman–Crippen MR) is 113 cm³/mol. The first-order valence-corrected chi connectivity index (χ1v) is 10.2. The minimum Gasteiger partial charge on any atom is -0.478 e. The second-order valence-electron chi connectivity index (χ2n) is 7.10. The van der Waals surface area contributed by atoms with E-state index in [4.69, 9.17) is 4.42 Å². The average Bonchev–Trinajstić information content (AvgIpc) is 3.44. The lowest BCUT2D eigenvalue weighted by Crippen LogP contribution is -2.13. The van der Waals surface area contributed by atoms with Crippen LogP contribution in [0.15, 0.2) is 58.3 Å². The highest BCUT2D eigenvalue weighted by molar-refractivity contribution is 7.14. The quantitative estimate of drug-likeness (QED) is 0.465. The van der Waals surface area contributed by atoms with Gasteiger partial charge in [-0.05, 0) is 48.1 Å². The molecular formula is C23H17NO4S. The lowest BCUT2D eigenvalue weighted by Gasteiger charge is -2.07. The van der Waals surface area contributed by atoms with Gasteiger partial charge in [0.05, 0.1) is 10.6 Å². The van der Waals surface area contributed by atoms with Crippen molar-refractivity contribution >= 4 is 39.9 Å². The van der Waals surface area contributed by atoms with E-state index >= 15 is 0 Å². The number of carboxylic acid groups (broad SMARTS) is 1. The molecular weight excluding hydrogens is 386 g/mol. The van der Waals surface area contributed by atoms with Crippen LogP contribution >= 0.6 is 11.3 Å². The second-order valence-corrected chi connectivity index (χ2v) is 7.98. The van der Waals surface area contributed by atoms with Crippen molar-refractivity contribution in [3.8, 4) is 10.4 Å². The minimum absolute atomic E-state index is 0.109. The molecule has 0 bridgehead atoms. The van der Waals surface area contributed by atoms with Gasteiger partial charge in [-0.1, -0.05) is 36.4 Å². The number of fused-ring (bicyclic) bond motifs is 2. The van der Waals surface area contributed by atoms with E-state index in [1.807, 2.05) is 24.3 Å². The molecule has 1 aliphatic rings. The summed E-state index contributed by atoms with van der Waals surface area (Å²) in [6, 6.07) is 15.1. The molecule has 5 rings (SSSR count). The summed E-state index contributed by atoms with van der Waals surface area (Å²) in [7, 11) is 0. The molecule has 0 spiro atoms. The molecule has 1 aliphatic carbocycles. The number of hydrogen-bond acceptors (Lipinski definition) is 4. The molecule has 2 heterocycles. The predicted octanol–water partition coefficient (Wildman–Crippen LogP) is 5.60. The van der Waals surface area contributed by atoms with E-state index < -0.39 is 11.9 Å². The molecule has 5 nitrogen and oxygen atoms in total. The Morgan fingerprint density at radius 1 is 1.03 bits per heavy atom. The van der Waals surface area contributed by atoms with Crippen LogP contribution in [0, 0.1) is 0 Å². The van der Waals surface area contributed by atoms with E-state index in [1.165, 1.54) is 22.5 Å². The summed E-state index contributed by atoms with van der Waals surface area (Å²) in [6.45, 7) is 0. The monoisotopic (exact) mass is 403 g/mol. The highest BCUT2D eigenvalue weighted by Gasteiger charge is 2.23. The van der Waals surface area contributed by atoms with Gasteiger partial charge in [0.15, 0.2) is 5.76 Å². The van der Waals surface area contributed by atoms with Gasteiger partial charge in [-0.15, -0.1) is 11.3 Å². The van der Waals surface area contributed by atoms with Gasteiger partial charge in [0, 0.05) is 10.8 Å². The first-order chi connectivity index (χ1) is 14.1. The number of carbonyl (C=O) groups excluding carboxylic acids is 1. The standard InChI is InChI=1S/C23H17NO4S/c25-22(19-11-15-4-1-2-7-18(15)28-19)24-17-12-29-21(20(17)23(26)27)16-9-8-13-5-3-6-14(13)10-16/h1-2,4,7-12H,3,5-6H2,(H,24,25)(H,26,27). The van der Waals surface area contributed by atoms with Crippen LogP contribution < -0.4 is 5.32 Å². The van der Waals surface area contributed by atoms with Gasteiger partial charge in [0.2, 0.25) is 0 Å². The molecule has 1 amide bonds. The summed E-state index contributed by atoms with van der Waals surface area (Å²) in [5.41, 5.74) is 4.49. The molecule has 144 valence electrons. The normalized spacial score (nSPS) is 12.8. The lowest BCUT2D eigenvalue weighted by molar-refractivity contribution is 0.0699. The number of thiophene rings is 1. The van der Waals surface area contributed by atoms with E-state index in [0.29, 0.717) is 10.5 Å². The van der Waals surface area contributed by atoms with Gasteiger partial charge >= 0.3 is 5.97 Å². The Kier molecular flexibility index (Phi) is 4.21. The van der Waals surface area contributed by atoms with Gasteiger partial charge in [0.1, 0.15) is 11.1 Å². The Morgan fingerprint density at radius 3 is 2.69 bits per heavy atom. The number of aromatic carboxylic acids is 1. The number of aryl methyl sites for hydroxylation is 2. The van der Waals surface area contributed by atoms with Gasteiger partial charge in [-0.25, -0.2) is 4.79 Å². The first-order valence-electron chi connectivity index (χ1n) is 9.37. The fourth-order valence-corrected chi connectivity index (χ4v) is 4.86. The fraction of sp³-hybridized carbons (Fsp3) is 0.130. The van der Waals surface area contributed by atoms with Crippen LogP contribution in [-0.2, 0) is 12.8 Å². The maximum atomic E-state index is 12.7. The first kappa shape index (κ1) is 17.7. The Morgan fingerprint density at radius 2 is 1.86 bits per heavy atom. The number of benzene rings is 2. The lowest BCUT2D eigenvalue weighted by atomic mass is 10.0. The Hall–Kier alpha value is -3.38. The molecule has 2 aromatic carbocycles. The van der Waals surface area contributed by atoms with Crippen molar-refractivity contribution in [2.75, 3.05) is 5.32 Å². The molecule has 0 aliphatic heterocycles. The maximum absolute atomic E-state index is 12.7. The number of amides is 1. The van der Waals surface area contributed by atoms with Crippen molar-refractivity contribution in [3.63, 3.8) is 0 Å². The van der Waals surface area contributed by atoms with Crippen molar-refractivity contribution in [2.24, 2.45) is 0 Å². The largest absolute Gasteiger partial charge is 0.478 e. The zero-order chi connectivity index (χ0) is 20.0. The molecule has 4 aromatic rings. The van der Waals surface area contributed by atoms with Crippen molar-refractivity contribution in [2.45, 2.75) is 19.3 Å². The summed E-state index contributed by atoms with van der Waals surface area (Å²) >= 11 is 1.32. The van der Waals surface area contributed by atoms with Crippen LogP contribution in [0.25, 0.3) is 21.4 Å². The Bertz CT molecular complexity index is 1230. The number of anilines is 1. The third kappa shape index (κ3) is 3.11. The van der Waals surface area contributed by atoms with Crippen molar-refractivity contribution in [1.29, 1.82) is 0 Å². The van der Waals surface area contributed by atoms with Crippen LogP contribution in [0.1, 0.15) is 38.5 Å². The Labute approximate surface area is 170 Å². The fourth-order valence-electron chi connectivity index (χ4n) is 3.87. The Balaban J connectivity index is 1.49. The maximum Gasteiger partial charge on any atom is 0.339 e. The number of furan rings is 1. The third-order valence-corrected chi connectivity index (χ3v) is 6.29. The van der Waals surface area contributed by atoms with E-state index in [9.17, 15) is 14.7 Å². The van der Waals surface area contributed by atoms with Crippen LogP contribution in [0.2, 0.25) is 0 Å². The third-order valence-electron chi connectivity index (χ3n) is 5.26. The van der Waals surface area contributed by atoms with Gasteiger partial charge in [-0.2, -0.15) is 0 Å². The number of nitrogens with one attached hydrogen (secondary N) is 1. The number of carboxylic acids is 1. The summed E-state index contributed by atoms with van der Waals surface area (Å²) in [5, 5.41) is 15.0. The molecule has 2 aromatic heterocycles. The molecule has 29 heavy (non-hydrogen) atoms. The van der Waals surface area contributed by atoms with E-state index in [1.54, 1.807) is 17.5 Å². The molecule has 0 saturated carbocycles. The van der Waals surface area contributed by atoms with Gasteiger partial charge in [0.25, 0.3) is 5.91 Å². The molecule has 2 N–H and O–H groups in total. The average molecular weight is 403 g/mol. The number of hydrogen-bond donors (Lipinski definition) is 2. The molecule has 0 radical (unpaired) electrons. The van der Waals surface area contributed by atoms with E-state index in [2.05, 4.69) is 17.4 Å². The van der Waals surface area contributed by atoms with Crippen molar-refractivity contribution in [1.82, 2.24) is 0 Å². The summed E-state index contributed by atoms with van der Waals surface area (Å²) in [5.74, 6) is -1.39. The minimum atomic E-state index is -1.07. The summed E-state index contributed by atoms with van der Waals surface area (Å²) in [4.78, 5) is 25.3. The van der Waals surface area contributed by atoms with E-state index in [-0.39, 0.29) is 17.0 Å². The molecule has 0 saturated heterocycles. The summed E-state index contributed by atoms with van der Waals surface area (Å²) in [6.07, 6.45) is 3.23. The SMILES string of the molecule is O=C(Nc1csc(-c2ccc3c(c2)CCC3)c1C(=O)O)c1cc2ccccc2o1. The molecule has 6 heteroatoms. The van der Waals surface area contributed by atoms with E-state index in [0.717, 1.165) is 30.2 Å². The van der Waals surface area contributed by atoms with Crippen LogP contribution in [0.4, 0.5) is 5.69 Å². The highest BCUT2D eigenvalue weighted by atomic mass is 32.1. The number of rotatable bonds is 4. The summed E-state index contributed by atoms with van der Waals surface area (Å²) < 4.78 is 5.59. The zero-order valence-electron chi connectivity index (χ0n) is 15.4. The van der Waals surface area contributed by atoms with Gasteiger partial charge < -0.3 is 14.8 Å². The molecule has 0 unspecified atom stereocenters.